The fourth-order valence-corrected chi connectivity index (χ4v) is 3.89. The Bertz CT molecular complexity index is 420. The molecule has 0 bridgehead atoms. The smallest absolute Gasteiger partial charge is 0.123 e. The van der Waals surface area contributed by atoms with E-state index in [0.717, 1.165) is 24.8 Å². The highest BCUT2D eigenvalue weighted by Crippen LogP contribution is 2.44. The topological polar surface area (TPSA) is 21.3 Å². The molecule has 1 aromatic rings. The van der Waals surface area contributed by atoms with Crippen molar-refractivity contribution in [2.24, 2.45) is 5.41 Å². The Morgan fingerprint density at radius 2 is 2.21 bits per heavy atom. The maximum Gasteiger partial charge on any atom is 0.123 e. The largest absolute Gasteiger partial charge is 0.490 e. The summed E-state index contributed by atoms with van der Waals surface area (Å²) < 4.78 is 6.11. The molecule has 1 aliphatic heterocycles. The Morgan fingerprint density at radius 3 is 3.00 bits per heavy atom. The van der Waals surface area contributed by atoms with E-state index in [2.05, 4.69) is 43.4 Å². The number of nitrogens with one attached hydrogen (secondary N) is 1. The minimum Gasteiger partial charge on any atom is -0.490 e. The van der Waals surface area contributed by atoms with Gasteiger partial charge in [0.15, 0.2) is 0 Å². The summed E-state index contributed by atoms with van der Waals surface area (Å²) in [5, 5.41) is 3.60. The van der Waals surface area contributed by atoms with Gasteiger partial charge in [-0.3, -0.25) is 0 Å². The SMILES string of the molecule is CCNC1CCC(C)(CC2Cc3ccccc3O2)C1. The zero-order valence-corrected chi connectivity index (χ0v) is 12.1. The van der Waals surface area contributed by atoms with Crippen LogP contribution < -0.4 is 10.1 Å². The molecule has 3 atom stereocenters. The summed E-state index contributed by atoms with van der Waals surface area (Å²) in [7, 11) is 0. The van der Waals surface area contributed by atoms with Crippen LogP contribution in [0.1, 0.15) is 45.1 Å². The number of para-hydroxylation sites is 1. The van der Waals surface area contributed by atoms with E-state index >= 15 is 0 Å². The molecular weight excluding hydrogens is 234 g/mol. The van der Waals surface area contributed by atoms with Gasteiger partial charge in [-0.25, -0.2) is 0 Å². The molecule has 3 rings (SSSR count). The maximum absolute atomic E-state index is 6.11. The Labute approximate surface area is 116 Å². The number of rotatable bonds is 4. The van der Waals surface area contributed by atoms with Crippen LogP contribution in [0.15, 0.2) is 24.3 Å². The number of benzene rings is 1. The molecule has 2 heteroatoms. The van der Waals surface area contributed by atoms with Crippen LogP contribution in [0.5, 0.6) is 5.75 Å². The fourth-order valence-electron chi connectivity index (χ4n) is 3.89. The average molecular weight is 259 g/mol. The van der Waals surface area contributed by atoms with E-state index in [-0.39, 0.29) is 0 Å². The van der Waals surface area contributed by atoms with Crippen molar-refractivity contribution in [1.29, 1.82) is 0 Å². The molecule has 0 spiro atoms. The van der Waals surface area contributed by atoms with Crippen LogP contribution in [0, 0.1) is 5.41 Å². The van der Waals surface area contributed by atoms with Crippen molar-refractivity contribution >= 4 is 0 Å². The van der Waals surface area contributed by atoms with E-state index in [1.54, 1.807) is 0 Å². The van der Waals surface area contributed by atoms with Crippen LogP contribution in [-0.2, 0) is 6.42 Å². The van der Waals surface area contributed by atoms with E-state index in [9.17, 15) is 0 Å². The van der Waals surface area contributed by atoms with Gasteiger partial charge >= 0.3 is 0 Å². The number of hydrogen-bond acceptors (Lipinski definition) is 2. The first-order valence-electron chi connectivity index (χ1n) is 7.66. The summed E-state index contributed by atoms with van der Waals surface area (Å²) in [6.07, 6.45) is 6.64. The van der Waals surface area contributed by atoms with E-state index < -0.39 is 0 Å². The van der Waals surface area contributed by atoms with E-state index in [1.807, 2.05) is 0 Å². The first kappa shape index (κ1) is 13.0. The second-order valence-electron chi connectivity index (χ2n) is 6.56. The molecule has 0 saturated heterocycles. The molecular formula is C17H25NO. The van der Waals surface area contributed by atoms with Gasteiger partial charge in [0.25, 0.3) is 0 Å². The van der Waals surface area contributed by atoms with E-state index in [0.29, 0.717) is 11.5 Å². The second-order valence-corrected chi connectivity index (χ2v) is 6.56. The summed E-state index contributed by atoms with van der Waals surface area (Å²) in [5.74, 6) is 1.11. The van der Waals surface area contributed by atoms with Gasteiger partial charge in [-0.2, -0.15) is 0 Å². The Hall–Kier alpha value is -1.02. The van der Waals surface area contributed by atoms with Crippen molar-refractivity contribution in [3.8, 4) is 5.75 Å². The van der Waals surface area contributed by atoms with Crippen molar-refractivity contribution in [3.05, 3.63) is 29.8 Å². The maximum atomic E-state index is 6.11. The zero-order valence-electron chi connectivity index (χ0n) is 12.1. The van der Waals surface area contributed by atoms with Crippen LogP contribution in [0.25, 0.3) is 0 Å². The molecule has 2 aliphatic rings. The van der Waals surface area contributed by atoms with Gasteiger partial charge < -0.3 is 10.1 Å². The first-order valence-corrected chi connectivity index (χ1v) is 7.66. The van der Waals surface area contributed by atoms with Crippen LogP contribution in [-0.4, -0.2) is 18.7 Å². The molecule has 1 aliphatic carbocycles. The minimum atomic E-state index is 0.391. The van der Waals surface area contributed by atoms with Crippen molar-refractivity contribution in [2.75, 3.05) is 6.54 Å². The minimum absolute atomic E-state index is 0.391. The molecule has 1 saturated carbocycles. The lowest BCUT2D eigenvalue weighted by molar-refractivity contribution is 0.147. The number of fused-ring (bicyclic) bond motifs is 1. The fraction of sp³-hybridized carbons (Fsp3) is 0.647. The third kappa shape index (κ3) is 2.79. The summed E-state index contributed by atoms with van der Waals surface area (Å²) in [6, 6.07) is 9.21. The predicted molar refractivity (Wildman–Crippen MR) is 78.6 cm³/mol. The Kier molecular flexibility index (Phi) is 3.53. The lowest BCUT2D eigenvalue weighted by Crippen LogP contribution is -2.29. The molecule has 0 amide bonds. The summed E-state index contributed by atoms with van der Waals surface area (Å²) in [4.78, 5) is 0. The predicted octanol–water partition coefficient (Wildman–Crippen LogP) is 3.55. The van der Waals surface area contributed by atoms with E-state index in [4.69, 9.17) is 4.74 Å². The van der Waals surface area contributed by atoms with Gasteiger partial charge in [0.05, 0.1) is 0 Å². The second kappa shape index (κ2) is 5.16. The lowest BCUT2D eigenvalue weighted by Gasteiger charge is -2.27. The highest BCUT2D eigenvalue weighted by molar-refractivity contribution is 5.37. The molecule has 2 nitrogen and oxygen atoms in total. The lowest BCUT2D eigenvalue weighted by atomic mass is 9.82. The van der Waals surface area contributed by atoms with Crippen molar-refractivity contribution in [3.63, 3.8) is 0 Å². The molecule has 0 aromatic heterocycles. The average Bonchev–Trinajstić information content (AvgIpc) is 2.93. The summed E-state index contributed by atoms with van der Waals surface area (Å²) >= 11 is 0. The monoisotopic (exact) mass is 259 g/mol. The van der Waals surface area contributed by atoms with Gasteiger partial charge in [0.2, 0.25) is 0 Å². The van der Waals surface area contributed by atoms with Gasteiger partial charge in [0.1, 0.15) is 11.9 Å². The zero-order chi connectivity index (χ0) is 13.3. The summed E-state index contributed by atoms with van der Waals surface area (Å²) in [6.45, 7) is 5.73. The van der Waals surface area contributed by atoms with Crippen LogP contribution in [0.4, 0.5) is 0 Å². The summed E-state index contributed by atoms with van der Waals surface area (Å²) in [5.41, 5.74) is 1.84. The van der Waals surface area contributed by atoms with Crippen LogP contribution >= 0.6 is 0 Å². The van der Waals surface area contributed by atoms with Gasteiger partial charge in [-0.05, 0) is 49.3 Å². The quantitative estimate of drug-likeness (QED) is 0.893. The van der Waals surface area contributed by atoms with Gasteiger partial charge in [-0.1, -0.05) is 32.0 Å². The Morgan fingerprint density at radius 1 is 1.37 bits per heavy atom. The molecule has 104 valence electrons. The van der Waals surface area contributed by atoms with Gasteiger partial charge in [0, 0.05) is 12.5 Å². The molecule has 1 N–H and O–H groups in total. The van der Waals surface area contributed by atoms with Crippen molar-refractivity contribution in [1.82, 2.24) is 5.32 Å². The van der Waals surface area contributed by atoms with E-state index in [1.165, 1.54) is 31.2 Å². The molecule has 3 unspecified atom stereocenters. The highest BCUT2D eigenvalue weighted by atomic mass is 16.5. The van der Waals surface area contributed by atoms with Crippen molar-refractivity contribution < 1.29 is 4.74 Å². The molecule has 19 heavy (non-hydrogen) atoms. The number of ether oxygens (including phenoxy) is 1. The third-order valence-corrected chi connectivity index (χ3v) is 4.76. The third-order valence-electron chi connectivity index (χ3n) is 4.76. The molecule has 1 heterocycles. The number of hydrogen-bond donors (Lipinski definition) is 1. The molecule has 1 fully saturated rings. The van der Waals surface area contributed by atoms with Crippen molar-refractivity contribution in [2.45, 2.75) is 58.1 Å². The van der Waals surface area contributed by atoms with Crippen LogP contribution in [0.2, 0.25) is 0 Å². The molecule has 1 aromatic carbocycles. The standard InChI is InChI=1S/C17H25NO/c1-3-18-14-8-9-17(2,11-14)12-15-10-13-6-4-5-7-16(13)19-15/h4-7,14-15,18H,3,8-12H2,1-2H3. The Balaban J connectivity index is 1.59. The highest BCUT2D eigenvalue weighted by Gasteiger charge is 2.38. The first-order chi connectivity index (χ1) is 9.18. The van der Waals surface area contributed by atoms with Gasteiger partial charge in [-0.15, -0.1) is 0 Å². The molecule has 0 radical (unpaired) electrons. The normalized spacial score (nSPS) is 33.2. The van der Waals surface area contributed by atoms with Crippen LogP contribution in [0.3, 0.4) is 0 Å².